The van der Waals surface area contributed by atoms with Crippen LogP contribution in [0.5, 0.6) is 5.75 Å². The molecule has 10 rings (SSSR count). The van der Waals surface area contributed by atoms with Gasteiger partial charge in [0.05, 0.1) is 44.5 Å². The molecule has 3 N–H and O–H groups in total. The van der Waals surface area contributed by atoms with Crippen molar-refractivity contribution >= 4 is 34.9 Å². The van der Waals surface area contributed by atoms with Gasteiger partial charge in [-0.1, -0.05) is 38.1 Å². The number of benzene rings is 2. The lowest BCUT2D eigenvalue weighted by molar-refractivity contribution is -0.243. The van der Waals surface area contributed by atoms with Crippen LogP contribution in [0.25, 0.3) is 5.57 Å². The fraction of sp³-hybridized carbons (Fsp3) is 0.574. The third kappa shape index (κ3) is 6.56. The molecule has 2 aromatic carbocycles. The Morgan fingerprint density at radius 1 is 0.897 bits per heavy atom. The molecular formula is C54H68N4O10. The number of piperidine rings is 1. The van der Waals surface area contributed by atoms with Gasteiger partial charge in [0, 0.05) is 87.1 Å². The highest BCUT2D eigenvalue weighted by Gasteiger charge is 2.81. The number of methoxy groups -OCH3 is 4. The fourth-order valence-corrected chi connectivity index (χ4v) is 15.3. The van der Waals surface area contributed by atoms with Crippen LogP contribution in [0.3, 0.4) is 0 Å². The van der Waals surface area contributed by atoms with Crippen molar-refractivity contribution in [3.63, 3.8) is 0 Å². The molecule has 14 heteroatoms. The summed E-state index contributed by atoms with van der Waals surface area (Å²) < 4.78 is 29.9. The summed E-state index contributed by atoms with van der Waals surface area (Å²) in [5.41, 5.74) is 1.52. The standard InChI is InChI=1S/C54H68N4O10/c1-9-50(62)28-33-29-53(48(60)66-7,40-24-34-12-13-36(55-35-14-16-37(64-5)17-15-35)25-39(34)38(40)18-22-57(30-33)31-50)42-26-41-43(27-44(42)65-6)56(4)46-52(41)20-23-58-21-11-19-51(10-2,45(52)58)47(68-32(3)59)54(46,63)49(61)67-8/h11-17,19,25-27,33,42,44-47,55,62-63H,9-10,18,20-24,28-31H2,1-8H3/t33-,42?,44?,45+,46-,47-,50+,51-,52-,53-,54+/m1/s1. The molecule has 0 aromatic heterocycles. The van der Waals surface area contributed by atoms with E-state index in [4.69, 9.17) is 23.7 Å². The molecule has 12 atom stereocenters. The molecule has 68 heavy (non-hydrogen) atoms. The van der Waals surface area contributed by atoms with E-state index in [9.17, 15) is 19.8 Å². The van der Waals surface area contributed by atoms with Crippen LogP contribution in [0.4, 0.5) is 11.4 Å². The summed E-state index contributed by atoms with van der Waals surface area (Å²) in [7, 11) is 7.97. The summed E-state index contributed by atoms with van der Waals surface area (Å²) in [6, 6.07) is 13.1. The number of likely N-dealkylation sites (tertiary alicyclic amines) is 1. The molecule has 3 saturated heterocycles. The number of fused-ring (bicyclic) bond motifs is 5. The van der Waals surface area contributed by atoms with E-state index in [1.165, 1.54) is 21.1 Å². The van der Waals surface area contributed by atoms with Gasteiger partial charge >= 0.3 is 17.9 Å². The molecule has 5 aliphatic heterocycles. The summed E-state index contributed by atoms with van der Waals surface area (Å²) in [5.74, 6) is -1.73. The maximum absolute atomic E-state index is 15.7. The number of esters is 3. The van der Waals surface area contributed by atoms with Crippen molar-refractivity contribution < 1.29 is 48.3 Å². The van der Waals surface area contributed by atoms with Crippen molar-refractivity contribution in [2.75, 3.05) is 73.5 Å². The average Bonchev–Trinajstić information content (AvgIpc) is 4.00. The summed E-state index contributed by atoms with van der Waals surface area (Å²) in [6.45, 7) is 8.69. The largest absolute Gasteiger partial charge is 0.497 e. The molecule has 0 amide bonds. The van der Waals surface area contributed by atoms with Crippen LogP contribution < -0.4 is 10.1 Å². The Hall–Kier alpha value is -4.99. The molecule has 5 heterocycles. The predicted molar refractivity (Wildman–Crippen MR) is 256 cm³/mol. The minimum atomic E-state index is -2.30. The topological polar surface area (TPSA) is 160 Å². The van der Waals surface area contributed by atoms with E-state index in [1.54, 1.807) is 14.2 Å². The number of allylic oxidation sites excluding steroid dienone is 1. The number of ether oxygens (including phenoxy) is 5. The number of hydrogen-bond donors (Lipinski definition) is 3. The Labute approximate surface area is 399 Å². The van der Waals surface area contributed by atoms with E-state index < -0.39 is 63.6 Å². The first-order valence-corrected chi connectivity index (χ1v) is 24.5. The Kier molecular flexibility index (Phi) is 11.6. The van der Waals surface area contributed by atoms with E-state index in [-0.39, 0.29) is 17.9 Å². The monoisotopic (exact) mass is 932 g/mol. The summed E-state index contributed by atoms with van der Waals surface area (Å²) in [5, 5.41) is 29.3. The first-order valence-electron chi connectivity index (χ1n) is 24.5. The molecule has 3 unspecified atom stereocenters. The Morgan fingerprint density at radius 2 is 1.65 bits per heavy atom. The Morgan fingerprint density at radius 3 is 2.32 bits per heavy atom. The first-order chi connectivity index (χ1) is 32.6. The lowest BCUT2D eigenvalue weighted by Gasteiger charge is -2.63. The molecule has 0 radical (unpaired) electrons. The fourth-order valence-electron chi connectivity index (χ4n) is 15.3. The van der Waals surface area contributed by atoms with E-state index in [2.05, 4.69) is 57.6 Å². The van der Waals surface area contributed by atoms with Crippen LogP contribution in [0.2, 0.25) is 0 Å². The van der Waals surface area contributed by atoms with Gasteiger partial charge < -0.3 is 44.1 Å². The highest BCUT2D eigenvalue weighted by molar-refractivity contribution is 5.91. The maximum atomic E-state index is 15.7. The zero-order valence-electron chi connectivity index (χ0n) is 40.8. The van der Waals surface area contributed by atoms with Crippen molar-refractivity contribution in [3.05, 3.63) is 94.7 Å². The second kappa shape index (κ2) is 16.9. The normalized spacial score (nSPS) is 37.7. The van der Waals surface area contributed by atoms with Crippen molar-refractivity contribution in [1.82, 2.24) is 14.7 Å². The number of carbonyl (C=O) groups is 3. The summed E-state index contributed by atoms with van der Waals surface area (Å²) in [6.07, 6.45) is 10.3. The molecule has 8 aliphatic rings. The highest BCUT2D eigenvalue weighted by Crippen LogP contribution is 2.71. The van der Waals surface area contributed by atoms with Gasteiger partial charge in [0.2, 0.25) is 5.60 Å². The minimum Gasteiger partial charge on any atom is -0.497 e. The number of aliphatic hydroxyl groups is 2. The van der Waals surface area contributed by atoms with Gasteiger partial charge in [0.25, 0.3) is 0 Å². The second-order valence-electron chi connectivity index (χ2n) is 20.9. The Balaban J connectivity index is 1.20. The SMILES string of the molecule is CC[C@]1(O)C[C@H]2CN(CCC3=C(Cc4ccc(Nc5ccc(OC)cc5)cc43)[C@@](C(=O)OC)(C3C=C4C(=CC3OC)N(C)[C@H]3[C@@](O)(C(=O)OC)[C@H](OC(C)=O)[C@]5(CC)C=CCN6CC[C@]43[C@@H]65)C2)C1. The molecule has 3 aliphatic carbocycles. The van der Waals surface area contributed by atoms with Crippen LogP contribution in [-0.2, 0) is 39.8 Å². The zero-order chi connectivity index (χ0) is 48.1. The molecule has 2 bridgehead atoms. The van der Waals surface area contributed by atoms with Gasteiger partial charge in [-0.3, -0.25) is 19.4 Å². The van der Waals surface area contributed by atoms with Gasteiger partial charge in [-0.15, -0.1) is 0 Å². The molecule has 364 valence electrons. The van der Waals surface area contributed by atoms with E-state index in [0.717, 1.165) is 57.2 Å². The third-order valence-electron chi connectivity index (χ3n) is 17.8. The Bertz CT molecular complexity index is 2520. The van der Waals surface area contributed by atoms with Gasteiger partial charge in [-0.25, -0.2) is 4.79 Å². The highest BCUT2D eigenvalue weighted by atomic mass is 16.6. The minimum absolute atomic E-state index is 0.0733. The number of nitrogens with one attached hydrogen (secondary N) is 1. The summed E-state index contributed by atoms with van der Waals surface area (Å²) in [4.78, 5) is 50.2. The van der Waals surface area contributed by atoms with Crippen LogP contribution >= 0.6 is 0 Å². The average molecular weight is 933 g/mol. The van der Waals surface area contributed by atoms with Crippen molar-refractivity contribution in [2.45, 2.75) is 101 Å². The van der Waals surface area contributed by atoms with Crippen molar-refractivity contribution in [2.24, 2.45) is 28.1 Å². The van der Waals surface area contributed by atoms with E-state index in [0.29, 0.717) is 71.1 Å². The lowest BCUT2D eigenvalue weighted by Crippen LogP contribution is -2.79. The van der Waals surface area contributed by atoms with Crippen LogP contribution in [0.1, 0.15) is 70.4 Å². The lowest BCUT2D eigenvalue weighted by atomic mass is 9.47. The maximum Gasteiger partial charge on any atom is 0.344 e. The van der Waals surface area contributed by atoms with Crippen molar-refractivity contribution in [3.8, 4) is 5.75 Å². The molecule has 14 nitrogen and oxygen atoms in total. The molecule has 1 saturated carbocycles. The number of rotatable bonds is 10. The molecule has 2 aromatic rings. The zero-order valence-corrected chi connectivity index (χ0v) is 40.8. The number of nitrogens with zero attached hydrogens (tertiary/aromatic N) is 3. The number of likely N-dealkylation sites (N-methyl/N-ethyl adjacent to an activating group) is 1. The van der Waals surface area contributed by atoms with E-state index >= 15 is 4.79 Å². The molecular weight excluding hydrogens is 865 g/mol. The van der Waals surface area contributed by atoms with Crippen LogP contribution in [-0.4, -0.2) is 147 Å². The predicted octanol–water partition coefficient (Wildman–Crippen LogP) is 5.81. The van der Waals surface area contributed by atoms with Gasteiger partial charge in [0.1, 0.15) is 5.75 Å². The van der Waals surface area contributed by atoms with Crippen molar-refractivity contribution in [1.29, 1.82) is 0 Å². The van der Waals surface area contributed by atoms with E-state index in [1.807, 2.05) is 50.1 Å². The molecule has 4 fully saturated rings. The third-order valence-corrected chi connectivity index (χ3v) is 17.8. The number of carbonyl (C=O) groups excluding carboxylic acids is 3. The van der Waals surface area contributed by atoms with Crippen LogP contribution in [0, 0.1) is 28.1 Å². The number of hydrogen-bond acceptors (Lipinski definition) is 14. The number of anilines is 2. The first kappa shape index (κ1) is 46.7. The smallest absolute Gasteiger partial charge is 0.344 e. The second-order valence-corrected chi connectivity index (χ2v) is 20.9. The van der Waals surface area contributed by atoms with Gasteiger partial charge in [-0.2, -0.15) is 0 Å². The van der Waals surface area contributed by atoms with Gasteiger partial charge in [0.15, 0.2) is 6.10 Å². The summed E-state index contributed by atoms with van der Waals surface area (Å²) >= 11 is 0. The molecule has 1 spiro atoms. The van der Waals surface area contributed by atoms with Gasteiger partial charge in [-0.05, 0) is 128 Å². The quantitative estimate of drug-likeness (QED) is 0.149. The van der Waals surface area contributed by atoms with Crippen LogP contribution in [0.15, 0.2) is 83.6 Å².